The molecule has 6 nitrogen and oxygen atoms in total. The minimum absolute atomic E-state index is 0.415. The molecule has 0 radical (unpaired) electrons. The lowest BCUT2D eigenvalue weighted by Gasteiger charge is -2.10. The maximum Gasteiger partial charge on any atom is 0.313 e. The molecule has 144 valence electrons. The van der Waals surface area contributed by atoms with Crippen molar-refractivity contribution in [3.8, 4) is 5.75 Å². The second kappa shape index (κ2) is 10.5. The SMILES string of the molecule is CN(C)CCCNC(=O)C(=O)Nc1ccc(OCc2ccc(Cl)cc2)cc1. The van der Waals surface area contributed by atoms with Crippen LogP contribution in [0.2, 0.25) is 5.02 Å². The Morgan fingerprint density at radius 2 is 1.67 bits per heavy atom. The first-order chi connectivity index (χ1) is 12.9. The average Bonchev–Trinajstić information content (AvgIpc) is 2.65. The van der Waals surface area contributed by atoms with Crippen LogP contribution in [-0.4, -0.2) is 43.9 Å². The van der Waals surface area contributed by atoms with Gasteiger partial charge in [-0.3, -0.25) is 9.59 Å². The van der Waals surface area contributed by atoms with Gasteiger partial charge in [-0.2, -0.15) is 0 Å². The molecule has 27 heavy (non-hydrogen) atoms. The minimum atomic E-state index is -0.685. The number of anilines is 1. The van der Waals surface area contributed by atoms with Gasteiger partial charge in [-0.05, 0) is 69.0 Å². The summed E-state index contributed by atoms with van der Waals surface area (Å²) in [6.45, 7) is 1.72. The molecule has 2 amide bonds. The summed E-state index contributed by atoms with van der Waals surface area (Å²) in [5.41, 5.74) is 1.53. The molecule has 2 rings (SSSR count). The Balaban J connectivity index is 1.76. The average molecular weight is 390 g/mol. The first-order valence-corrected chi connectivity index (χ1v) is 9.03. The zero-order valence-corrected chi connectivity index (χ0v) is 16.3. The van der Waals surface area contributed by atoms with Gasteiger partial charge in [0.2, 0.25) is 0 Å². The first-order valence-electron chi connectivity index (χ1n) is 8.65. The summed E-state index contributed by atoms with van der Waals surface area (Å²) >= 11 is 5.85. The quantitative estimate of drug-likeness (QED) is 0.538. The topological polar surface area (TPSA) is 70.7 Å². The van der Waals surface area contributed by atoms with Gasteiger partial charge >= 0.3 is 11.8 Å². The molecule has 0 bridgehead atoms. The first kappa shape index (κ1) is 20.7. The smallest absolute Gasteiger partial charge is 0.313 e. The summed E-state index contributed by atoms with van der Waals surface area (Å²) in [4.78, 5) is 25.7. The summed E-state index contributed by atoms with van der Waals surface area (Å²) in [6.07, 6.45) is 0.783. The predicted molar refractivity (Wildman–Crippen MR) is 107 cm³/mol. The Hall–Kier alpha value is -2.57. The zero-order chi connectivity index (χ0) is 19.6. The number of hydrogen-bond acceptors (Lipinski definition) is 4. The Labute approximate surface area is 164 Å². The van der Waals surface area contributed by atoms with Gasteiger partial charge in [-0.25, -0.2) is 0 Å². The van der Waals surface area contributed by atoms with Crippen molar-refractivity contribution >= 4 is 29.1 Å². The van der Waals surface area contributed by atoms with Crippen LogP contribution in [0.4, 0.5) is 5.69 Å². The van der Waals surface area contributed by atoms with E-state index in [0.717, 1.165) is 18.5 Å². The van der Waals surface area contributed by atoms with Gasteiger partial charge in [0.25, 0.3) is 0 Å². The normalized spacial score (nSPS) is 10.5. The highest BCUT2D eigenvalue weighted by Crippen LogP contribution is 2.18. The number of ether oxygens (including phenoxy) is 1. The molecule has 0 aromatic heterocycles. The molecule has 0 aliphatic rings. The molecule has 2 aromatic carbocycles. The van der Waals surface area contributed by atoms with Crippen LogP contribution in [0.25, 0.3) is 0 Å². The van der Waals surface area contributed by atoms with Crippen molar-refractivity contribution in [1.29, 1.82) is 0 Å². The molecule has 0 aliphatic heterocycles. The van der Waals surface area contributed by atoms with Crippen molar-refractivity contribution in [2.24, 2.45) is 0 Å². The van der Waals surface area contributed by atoms with Crippen LogP contribution in [0.1, 0.15) is 12.0 Å². The number of nitrogens with one attached hydrogen (secondary N) is 2. The molecule has 0 aliphatic carbocycles. The summed E-state index contributed by atoms with van der Waals surface area (Å²) in [7, 11) is 3.91. The lowest BCUT2D eigenvalue weighted by Crippen LogP contribution is -2.36. The Bertz CT molecular complexity index is 746. The number of carbonyl (C=O) groups is 2. The van der Waals surface area contributed by atoms with Crippen LogP contribution in [-0.2, 0) is 16.2 Å². The van der Waals surface area contributed by atoms with Crippen molar-refractivity contribution in [2.75, 3.05) is 32.5 Å². The maximum atomic E-state index is 11.9. The third kappa shape index (κ3) is 7.68. The van der Waals surface area contributed by atoms with Gasteiger partial charge in [-0.1, -0.05) is 23.7 Å². The van der Waals surface area contributed by atoms with E-state index in [1.165, 1.54) is 0 Å². The van der Waals surface area contributed by atoms with E-state index in [0.29, 0.717) is 29.6 Å². The predicted octanol–water partition coefficient (Wildman–Crippen LogP) is 2.93. The van der Waals surface area contributed by atoms with Crippen molar-refractivity contribution in [2.45, 2.75) is 13.0 Å². The van der Waals surface area contributed by atoms with Crippen molar-refractivity contribution < 1.29 is 14.3 Å². The van der Waals surface area contributed by atoms with Crippen LogP contribution >= 0.6 is 11.6 Å². The summed E-state index contributed by atoms with van der Waals surface area (Å²) in [6, 6.07) is 14.3. The van der Waals surface area contributed by atoms with Gasteiger partial charge in [-0.15, -0.1) is 0 Å². The van der Waals surface area contributed by atoms with E-state index in [2.05, 4.69) is 10.6 Å². The Kier molecular flexibility index (Phi) is 8.10. The molecule has 0 heterocycles. The summed E-state index contributed by atoms with van der Waals surface area (Å²) < 4.78 is 5.69. The molecule has 0 atom stereocenters. The third-order valence-electron chi connectivity index (χ3n) is 3.70. The fourth-order valence-electron chi connectivity index (χ4n) is 2.25. The largest absolute Gasteiger partial charge is 0.489 e. The van der Waals surface area contributed by atoms with E-state index in [-0.39, 0.29) is 0 Å². The number of halogens is 1. The van der Waals surface area contributed by atoms with Gasteiger partial charge < -0.3 is 20.3 Å². The highest BCUT2D eigenvalue weighted by atomic mass is 35.5. The Morgan fingerprint density at radius 1 is 1.00 bits per heavy atom. The zero-order valence-electron chi connectivity index (χ0n) is 15.5. The van der Waals surface area contributed by atoms with Crippen LogP contribution in [0.5, 0.6) is 5.75 Å². The highest BCUT2D eigenvalue weighted by molar-refractivity contribution is 6.39. The van der Waals surface area contributed by atoms with E-state index in [4.69, 9.17) is 16.3 Å². The monoisotopic (exact) mass is 389 g/mol. The molecule has 0 saturated heterocycles. The Morgan fingerprint density at radius 3 is 2.30 bits per heavy atom. The minimum Gasteiger partial charge on any atom is -0.489 e. The maximum absolute atomic E-state index is 11.9. The van der Waals surface area contributed by atoms with E-state index in [1.807, 2.05) is 43.3 Å². The third-order valence-corrected chi connectivity index (χ3v) is 3.96. The number of hydrogen-bond donors (Lipinski definition) is 2. The van der Waals surface area contributed by atoms with Crippen LogP contribution in [0.15, 0.2) is 48.5 Å². The van der Waals surface area contributed by atoms with Gasteiger partial charge in [0, 0.05) is 17.3 Å². The van der Waals surface area contributed by atoms with E-state index >= 15 is 0 Å². The van der Waals surface area contributed by atoms with Crippen LogP contribution in [0.3, 0.4) is 0 Å². The molecule has 2 aromatic rings. The van der Waals surface area contributed by atoms with Crippen LogP contribution in [0, 0.1) is 0 Å². The van der Waals surface area contributed by atoms with Gasteiger partial charge in [0.1, 0.15) is 12.4 Å². The van der Waals surface area contributed by atoms with E-state index in [1.54, 1.807) is 24.3 Å². The molecular formula is C20H24ClN3O3. The second-order valence-electron chi connectivity index (χ2n) is 6.31. The van der Waals surface area contributed by atoms with Gasteiger partial charge in [0.05, 0.1) is 0 Å². The summed E-state index contributed by atoms with van der Waals surface area (Å²) in [5, 5.41) is 5.85. The fourth-order valence-corrected chi connectivity index (χ4v) is 2.37. The van der Waals surface area contributed by atoms with E-state index in [9.17, 15) is 9.59 Å². The standard InChI is InChI=1S/C20H24ClN3O3/c1-24(2)13-3-12-22-19(25)20(26)23-17-8-10-18(11-9-17)27-14-15-4-6-16(21)7-5-15/h4-11H,3,12-14H2,1-2H3,(H,22,25)(H,23,26). The van der Waals surface area contributed by atoms with Crippen molar-refractivity contribution in [1.82, 2.24) is 10.2 Å². The molecule has 7 heteroatoms. The molecule has 0 fully saturated rings. The number of carbonyl (C=O) groups excluding carboxylic acids is 2. The lowest BCUT2D eigenvalue weighted by molar-refractivity contribution is -0.136. The molecule has 0 spiro atoms. The number of amides is 2. The molecular weight excluding hydrogens is 366 g/mol. The fraction of sp³-hybridized carbons (Fsp3) is 0.300. The number of rotatable bonds is 8. The van der Waals surface area contributed by atoms with Gasteiger partial charge in [0.15, 0.2) is 0 Å². The van der Waals surface area contributed by atoms with Crippen molar-refractivity contribution in [3.63, 3.8) is 0 Å². The number of benzene rings is 2. The second-order valence-corrected chi connectivity index (χ2v) is 6.74. The van der Waals surface area contributed by atoms with E-state index < -0.39 is 11.8 Å². The summed E-state index contributed by atoms with van der Waals surface area (Å²) in [5.74, 6) is -0.664. The van der Waals surface area contributed by atoms with Crippen molar-refractivity contribution in [3.05, 3.63) is 59.1 Å². The number of nitrogens with zero attached hydrogens (tertiary/aromatic N) is 1. The highest BCUT2D eigenvalue weighted by Gasteiger charge is 2.13. The lowest BCUT2D eigenvalue weighted by atomic mass is 10.2. The molecule has 2 N–H and O–H groups in total. The molecule has 0 saturated carbocycles. The van der Waals surface area contributed by atoms with Crippen LogP contribution < -0.4 is 15.4 Å². The molecule has 0 unspecified atom stereocenters.